The number of aromatic nitrogens is 4. The van der Waals surface area contributed by atoms with Crippen LogP contribution in [0.3, 0.4) is 0 Å². The molecule has 0 unspecified atom stereocenters. The Morgan fingerprint density at radius 3 is 2.73 bits per heavy atom. The van der Waals surface area contributed by atoms with Gasteiger partial charge in [-0.25, -0.2) is 9.59 Å². The van der Waals surface area contributed by atoms with Crippen molar-refractivity contribution in [3.8, 4) is 11.4 Å². The number of allylic oxidation sites excluding steroid dienone is 1. The van der Waals surface area contributed by atoms with E-state index in [0.29, 0.717) is 29.3 Å². The molecule has 14 heteroatoms. The summed E-state index contributed by atoms with van der Waals surface area (Å²) < 4.78 is 5.43. The number of hydrogen-bond acceptors (Lipinski definition) is 8. The smallest absolute Gasteiger partial charge is 0.408 e. The lowest BCUT2D eigenvalue weighted by molar-refractivity contribution is -0.145. The van der Waals surface area contributed by atoms with E-state index in [-0.39, 0.29) is 25.3 Å². The molecule has 44 heavy (non-hydrogen) atoms. The quantitative estimate of drug-likeness (QED) is 0.429. The third-order valence-corrected chi connectivity index (χ3v) is 8.40. The lowest BCUT2D eigenvalue weighted by atomic mass is 10.0. The second-order valence-electron chi connectivity index (χ2n) is 12.7. The highest BCUT2D eigenvalue weighted by Gasteiger charge is 2.61. The first-order chi connectivity index (χ1) is 20.9. The zero-order valence-corrected chi connectivity index (χ0v) is 25.8. The second kappa shape index (κ2) is 12.5. The molecule has 1 aromatic carbocycles. The van der Waals surface area contributed by atoms with E-state index in [2.05, 4.69) is 26.0 Å². The number of rotatable bonds is 4. The molecule has 13 nitrogen and oxygen atoms in total. The molecule has 5 rings (SSSR count). The highest BCUT2D eigenvalue weighted by atomic mass is 35.5. The first-order valence-electron chi connectivity index (χ1n) is 14.9. The molecule has 2 aromatic rings. The van der Waals surface area contributed by atoms with Crippen LogP contribution in [0.2, 0.25) is 5.02 Å². The molecule has 0 bridgehead atoms. The van der Waals surface area contributed by atoms with Gasteiger partial charge in [0.15, 0.2) is 0 Å². The van der Waals surface area contributed by atoms with Crippen molar-refractivity contribution in [2.24, 2.45) is 5.92 Å². The molecular weight excluding hydrogens is 590 g/mol. The average molecular weight is 628 g/mol. The number of carbonyl (C=O) groups excluding carboxylic acids is 3. The van der Waals surface area contributed by atoms with Crippen molar-refractivity contribution in [1.82, 2.24) is 35.7 Å². The van der Waals surface area contributed by atoms with Gasteiger partial charge in [-0.1, -0.05) is 48.7 Å². The molecule has 1 saturated heterocycles. The number of nitrogens with zero attached hydrogens (tertiary/aromatic N) is 5. The maximum Gasteiger partial charge on any atom is 0.408 e. The van der Waals surface area contributed by atoms with Crippen LogP contribution < -0.4 is 10.6 Å². The summed E-state index contributed by atoms with van der Waals surface area (Å²) >= 11 is 6.13. The van der Waals surface area contributed by atoms with E-state index in [0.717, 1.165) is 19.3 Å². The summed E-state index contributed by atoms with van der Waals surface area (Å²) in [4.78, 5) is 55.8. The van der Waals surface area contributed by atoms with E-state index in [1.807, 2.05) is 12.2 Å². The Bertz CT molecular complexity index is 1460. The van der Waals surface area contributed by atoms with Crippen molar-refractivity contribution in [3.63, 3.8) is 0 Å². The molecule has 1 aliphatic carbocycles. The Hall–Kier alpha value is -4.00. The van der Waals surface area contributed by atoms with Crippen LogP contribution in [0.1, 0.15) is 71.8 Å². The van der Waals surface area contributed by atoms with Gasteiger partial charge in [0.1, 0.15) is 23.2 Å². The highest BCUT2D eigenvalue weighted by Crippen LogP contribution is 2.45. The van der Waals surface area contributed by atoms with Gasteiger partial charge in [0.2, 0.25) is 17.6 Å². The van der Waals surface area contributed by atoms with Gasteiger partial charge in [0, 0.05) is 29.5 Å². The number of hydrogen-bond donors (Lipinski definition) is 3. The molecule has 3 aliphatic rings. The van der Waals surface area contributed by atoms with Crippen molar-refractivity contribution in [1.29, 1.82) is 0 Å². The number of carboxylic acids is 1. The minimum Gasteiger partial charge on any atom is -0.479 e. The number of carbonyl (C=O) groups is 4. The molecule has 236 valence electrons. The van der Waals surface area contributed by atoms with Crippen molar-refractivity contribution in [2.75, 3.05) is 6.54 Å². The minimum atomic E-state index is -1.43. The standard InChI is InChI=1S/C30H38ClN7O6/c1-29(2,3)44-28(43)32-22-13-8-6-4-5-7-11-19-16-30(19,27(41)42)33-25(39)23-15-21(17-37(23)26(22)40)38-35-24(34-36-38)18-10-9-12-20(31)14-18/h7,9-12,14,19,21-23H,4-6,8,13,15-17H2,1-3H3,(H,32,43)(H,33,39)(H,41,42)/b11-7-/t19-,21+,22-,23+,30+/m1/s1. The Labute approximate surface area is 260 Å². The summed E-state index contributed by atoms with van der Waals surface area (Å²) in [5, 5.41) is 28.9. The average Bonchev–Trinajstić information content (AvgIpc) is 3.27. The van der Waals surface area contributed by atoms with Gasteiger partial charge < -0.3 is 25.4 Å². The van der Waals surface area contributed by atoms with Crippen molar-refractivity contribution in [3.05, 3.63) is 41.4 Å². The number of amides is 3. The van der Waals surface area contributed by atoms with E-state index in [1.54, 1.807) is 45.0 Å². The van der Waals surface area contributed by atoms with Crippen LogP contribution in [-0.4, -0.2) is 83.9 Å². The van der Waals surface area contributed by atoms with E-state index in [1.165, 1.54) is 9.70 Å². The van der Waals surface area contributed by atoms with Crippen LogP contribution in [-0.2, 0) is 19.1 Å². The van der Waals surface area contributed by atoms with Gasteiger partial charge in [-0.2, -0.15) is 4.80 Å². The Kier molecular flexibility index (Phi) is 8.96. The summed E-state index contributed by atoms with van der Waals surface area (Å²) in [6.07, 6.45) is 6.86. The first-order valence-corrected chi connectivity index (χ1v) is 15.3. The number of tetrazole rings is 1. The lowest BCUT2D eigenvalue weighted by Gasteiger charge is -2.30. The first kappa shape index (κ1) is 31.4. The van der Waals surface area contributed by atoms with Gasteiger partial charge in [-0.15, -0.1) is 10.2 Å². The van der Waals surface area contributed by atoms with Crippen LogP contribution in [0.5, 0.6) is 0 Å². The number of fused-ring (bicyclic) bond motifs is 2. The molecule has 2 aliphatic heterocycles. The van der Waals surface area contributed by atoms with E-state index >= 15 is 0 Å². The van der Waals surface area contributed by atoms with E-state index < -0.39 is 53.1 Å². The Morgan fingerprint density at radius 1 is 1.20 bits per heavy atom. The van der Waals surface area contributed by atoms with Gasteiger partial charge in [0.05, 0.1) is 6.04 Å². The number of nitrogens with one attached hydrogen (secondary N) is 2. The van der Waals surface area contributed by atoms with Gasteiger partial charge in [-0.3, -0.25) is 9.59 Å². The van der Waals surface area contributed by atoms with Gasteiger partial charge >= 0.3 is 12.1 Å². The second-order valence-corrected chi connectivity index (χ2v) is 13.1. The summed E-state index contributed by atoms with van der Waals surface area (Å²) in [7, 11) is 0. The number of carboxylic acid groups (broad SMARTS) is 1. The van der Waals surface area contributed by atoms with Gasteiger partial charge in [-0.05, 0) is 63.8 Å². The predicted molar refractivity (Wildman–Crippen MR) is 159 cm³/mol. The van der Waals surface area contributed by atoms with Crippen LogP contribution in [0.25, 0.3) is 11.4 Å². The molecule has 0 spiro atoms. The zero-order valence-electron chi connectivity index (χ0n) is 25.0. The molecule has 3 N–H and O–H groups in total. The predicted octanol–water partition coefficient (Wildman–Crippen LogP) is 3.51. The molecule has 0 radical (unpaired) electrons. The van der Waals surface area contributed by atoms with Crippen LogP contribution in [0, 0.1) is 5.92 Å². The molecule has 5 atom stereocenters. The molecular formula is C30H38ClN7O6. The molecule has 3 amide bonds. The number of aliphatic carboxylic acids is 1. The van der Waals surface area contributed by atoms with E-state index in [9.17, 15) is 24.3 Å². The minimum absolute atomic E-state index is 0.0537. The van der Waals surface area contributed by atoms with Crippen molar-refractivity contribution in [2.45, 2.75) is 95.0 Å². The SMILES string of the molecule is CC(C)(C)OC(=O)N[C@@H]1CCCCC/C=C\[C@@H]2C[C@]2(C(=O)O)NC(=O)[C@@H]2C[C@H](n3nnc(-c4cccc(Cl)c4)n3)CN2C1=O. The third kappa shape index (κ3) is 7.03. The summed E-state index contributed by atoms with van der Waals surface area (Å²) in [6.45, 7) is 5.25. The van der Waals surface area contributed by atoms with Crippen LogP contribution >= 0.6 is 11.6 Å². The van der Waals surface area contributed by atoms with Crippen molar-refractivity contribution >= 4 is 35.5 Å². The van der Waals surface area contributed by atoms with Crippen molar-refractivity contribution < 1.29 is 29.0 Å². The highest BCUT2D eigenvalue weighted by molar-refractivity contribution is 6.30. The lowest BCUT2D eigenvalue weighted by Crippen LogP contribution is -2.56. The Morgan fingerprint density at radius 2 is 2.00 bits per heavy atom. The van der Waals surface area contributed by atoms with Crippen LogP contribution in [0.15, 0.2) is 36.4 Å². The topological polar surface area (TPSA) is 169 Å². The molecule has 2 fully saturated rings. The maximum atomic E-state index is 14.1. The number of halogens is 1. The fourth-order valence-corrected chi connectivity index (χ4v) is 6.01. The summed E-state index contributed by atoms with van der Waals surface area (Å²) in [5.41, 5.74) is -1.55. The number of benzene rings is 1. The molecule has 3 heterocycles. The van der Waals surface area contributed by atoms with E-state index in [4.69, 9.17) is 16.3 Å². The Balaban J connectivity index is 1.44. The number of ether oxygens (including phenoxy) is 1. The van der Waals surface area contributed by atoms with Crippen LogP contribution in [0.4, 0.5) is 4.79 Å². The van der Waals surface area contributed by atoms with Gasteiger partial charge in [0.25, 0.3) is 0 Å². The largest absolute Gasteiger partial charge is 0.479 e. The summed E-state index contributed by atoms with van der Waals surface area (Å²) in [6, 6.07) is 4.48. The fourth-order valence-electron chi connectivity index (χ4n) is 5.82. The summed E-state index contributed by atoms with van der Waals surface area (Å²) in [5.74, 6) is -2.17. The third-order valence-electron chi connectivity index (χ3n) is 8.17. The fraction of sp³-hybridized carbons (Fsp3) is 0.567. The number of alkyl carbamates (subject to hydrolysis) is 1. The monoisotopic (exact) mass is 627 g/mol. The normalized spacial score (nSPS) is 28.5. The maximum absolute atomic E-state index is 14.1. The molecule has 1 saturated carbocycles. The zero-order chi connectivity index (χ0) is 31.6. The molecule has 1 aromatic heterocycles.